The lowest BCUT2D eigenvalue weighted by molar-refractivity contribution is 0.0527. The van der Waals surface area contributed by atoms with Gasteiger partial charge in [0, 0.05) is 5.69 Å². The molecular formula is C15H14BrNO3. The molecule has 2 rings (SSSR count). The summed E-state index contributed by atoms with van der Waals surface area (Å²) in [5.41, 5.74) is 6.44. The SMILES string of the molecule is CCOC(=O)c1cc(Oc2ccccc2Br)ccc1N. The lowest BCUT2D eigenvalue weighted by Crippen LogP contribution is -2.08. The molecule has 0 spiro atoms. The van der Waals surface area contributed by atoms with E-state index in [1.54, 1.807) is 25.1 Å². The smallest absolute Gasteiger partial charge is 0.340 e. The molecule has 0 radical (unpaired) electrons. The van der Waals surface area contributed by atoms with Crippen LogP contribution >= 0.6 is 15.9 Å². The Morgan fingerprint density at radius 3 is 2.70 bits per heavy atom. The van der Waals surface area contributed by atoms with E-state index in [-0.39, 0.29) is 0 Å². The molecule has 0 aliphatic rings. The first-order chi connectivity index (χ1) is 9.61. The minimum Gasteiger partial charge on any atom is -0.462 e. The van der Waals surface area contributed by atoms with E-state index in [9.17, 15) is 4.79 Å². The highest BCUT2D eigenvalue weighted by atomic mass is 79.9. The molecule has 0 aliphatic heterocycles. The van der Waals surface area contributed by atoms with Gasteiger partial charge in [-0.05, 0) is 53.2 Å². The molecule has 0 fully saturated rings. The van der Waals surface area contributed by atoms with Crippen molar-refractivity contribution in [1.82, 2.24) is 0 Å². The van der Waals surface area contributed by atoms with Crippen LogP contribution in [0.1, 0.15) is 17.3 Å². The number of para-hydroxylation sites is 1. The van der Waals surface area contributed by atoms with Gasteiger partial charge in [0.1, 0.15) is 11.5 Å². The number of rotatable bonds is 4. The lowest BCUT2D eigenvalue weighted by atomic mass is 10.1. The second-order valence-electron chi connectivity index (χ2n) is 4.00. The predicted octanol–water partition coefficient (Wildman–Crippen LogP) is 4.00. The average molecular weight is 336 g/mol. The summed E-state index contributed by atoms with van der Waals surface area (Å²) in [6.07, 6.45) is 0. The summed E-state index contributed by atoms with van der Waals surface area (Å²) in [6, 6.07) is 12.4. The van der Waals surface area contributed by atoms with Crippen molar-refractivity contribution >= 4 is 27.6 Å². The Morgan fingerprint density at radius 2 is 2.00 bits per heavy atom. The van der Waals surface area contributed by atoms with Crippen molar-refractivity contribution in [2.24, 2.45) is 0 Å². The molecule has 0 saturated heterocycles. The van der Waals surface area contributed by atoms with Crippen molar-refractivity contribution in [1.29, 1.82) is 0 Å². The monoisotopic (exact) mass is 335 g/mol. The van der Waals surface area contributed by atoms with Crippen LogP contribution < -0.4 is 10.5 Å². The summed E-state index contributed by atoms with van der Waals surface area (Å²) in [5, 5.41) is 0. The maximum absolute atomic E-state index is 11.8. The summed E-state index contributed by atoms with van der Waals surface area (Å²) >= 11 is 3.40. The van der Waals surface area contributed by atoms with E-state index in [2.05, 4.69) is 15.9 Å². The van der Waals surface area contributed by atoms with E-state index in [4.69, 9.17) is 15.2 Å². The average Bonchev–Trinajstić information content (AvgIpc) is 2.43. The largest absolute Gasteiger partial charge is 0.462 e. The van der Waals surface area contributed by atoms with Crippen LogP contribution in [0.4, 0.5) is 5.69 Å². The van der Waals surface area contributed by atoms with E-state index in [1.807, 2.05) is 24.3 Å². The van der Waals surface area contributed by atoms with Crippen LogP contribution in [0.3, 0.4) is 0 Å². The maximum atomic E-state index is 11.8. The molecule has 0 heterocycles. The normalized spacial score (nSPS) is 10.1. The molecule has 5 heteroatoms. The minimum atomic E-state index is -0.456. The fourth-order valence-electron chi connectivity index (χ4n) is 1.64. The summed E-state index contributed by atoms with van der Waals surface area (Å²) in [4.78, 5) is 11.8. The van der Waals surface area contributed by atoms with Gasteiger partial charge in [0.15, 0.2) is 0 Å². The number of nitrogens with two attached hydrogens (primary N) is 1. The predicted molar refractivity (Wildman–Crippen MR) is 81.0 cm³/mol. The van der Waals surface area contributed by atoms with Crippen LogP contribution in [0.25, 0.3) is 0 Å². The Bertz CT molecular complexity index is 628. The van der Waals surface area contributed by atoms with E-state index < -0.39 is 5.97 Å². The van der Waals surface area contributed by atoms with E-state index >= 15 is 0 Å². The Hall–Kier alpha value is -2.01. The third-order valence-electron chi connectivity index (χ3n) is 2.58. The van der Waals surface area contributed by atoms with Crippen molar-refractivity contribution in [3.63, 3.8) is 0 Å². The molecular weight excluding hydrogens is 322 g/mol. The van der Waals surface area contributed by atoms with Crippen LogP contribution in [-0.4, -0.2) is 12.6 Å². The third kappa shape index (κ3) is 3.30. The van der Waals surface area contributed by atoms with Crippen LogP contribution in [-0.2, 0) is 4.74 Å². The molecule has 20 heavy (non-hydrogen) atoms. The van der Waals surface area contributed by atoms with Gasteiger partial charge in [0.25, 0.3) is 0 Å². The molecule has 4 nitrogen and oxygen atoms in total. The molecule has 0 aromatic heterocycles. The van der Waals surface area contributed by atoms with E-state index in [0.29, 0.717) is 29.4 Å². The number of esters is 1. The fraction of sp³-hybridized carbons (Fsp3) is 0.133. The second kappa shape index (κ2) is 6.43. The Kier molecular flexibility index (Phi) is 4.63. The van der Waals surface area contributed by atoms with Gasteiger partial charge in [-0.1, -0.05) is 12.1 Å². The molecule has 104 valence electrons. The van der Waals surface area contributed by atoms with Crippen LogP contribution in [0, 0.1) is 0 Å². The summed E-state index contributed by atoms with van der Waals surface area (Å²) < 4.78 is 11.5. The van der Waals surface area contributed by atoms with Gasteiger partial charge in [0.2, 0.25) is 0 Å². The van der Waals surface area contributed by atoms with Crippen molar-refractivity contribution < 1.29 is 14.3 Å². The fourth-order valence-corrected chi connectivity index (χ4v) is 2.00. The van der Waals surface area contributed by atoms with Crippen LogP contribution in [0.2, 0.25) is 0 Å². The molecule has 0 aliphatic carbocycles. The molecule has 2 N–H and O–H groups in total. The van der Waals surface area contributed by atoms with Gasteiger partial charge in [-0.25, -0.2) is 4.79 Å². The molecule has 0 bridgehead atoms. The van der Waals surface area contributed by atoms with Crippen molar-refractivity contribution in [2.75, 3.05) is 12.3 Å². The Balaban J connectivity index is 2.28. The Labute approximate surface area is 125 Å². The number of benzene rings is 2. The standard InChI is InChI=1S/C15H14BrNO3/c1-2-19-15(18)11-9-10(7-8-13(11)17)20-14-6-4-3-5-12(14)16/h3-9H,2,17H2,1H3. The maximum Gasteiger partial charge on any atom is 0.340 e. The summed E-state index contributed by atoms with van der Waals surface area (Å²) in [5.74, 6) is 0.726. The lowest BCUT2D eigenvalue weighted by Gasteiger charge is -2.10. The van der Waals surface area contributed by atoms with Crippen molar-refractivity contribution in [3.05, 3.63) is 52.5 Å². The number of anilines is 1. The number of carbonyl (C=O) groups excluding carboxylic acids is 1. The Morgan fingerprint density at radius 1 is 1.25 bits per heavy atom. The highest BCUT2D eigenvalue weighted by Gasteiger charge is 2.12. The molecule has 0 atom stereocenters. The first-order valence-corrected chi connectivity index (χ1v) is 6.90. The summed E-state index contributed by atoms with van der Waals surface area (Å²) in [6.45, 7) is 2.04. The third-order valence-corrected chi connectivity index (χ3v) is 3.24. The second-order valence-corrected chi connectivity index (χ2v) is 4.86. The van der Waals surface area contributed by atoms with Gasteiger partial charge in [-0.2, -0.15) is 0 Å². The van der Waals surface area contributed by atoms with Gasteiger partial charge in [-0.15, -0.1) is 0 Å². The van der Waals surface area contributed by atoms with Crippen molar-refractivity contribution in [2.45, 2.75) is 6.92 Å². The molecule has 2 aromatic rings. The zero-order chi connectivity index (χ0) is 14.5. The number of hydrogen-bond donors (Lipinski definition) is 1. The molecule has 0 amide bonds. The van der Waals surface area contributed by atoms with Crippen LogP contribution in [0.15, 0.2) is 46.9 Å². The topological polar surface area (TPSA) is 61.5 Å². The van der Waals surface area contributed by atoms with E-state index in [0.717, 1.165) is 4.47 Å². The number of carbonyl (C=O) groups is 1. The number of hydrogen-bond acceptors (Lipinski definition) is 4. The molecule has 0 unspecified atom stereocenters. The van der Waals surface area contributed by atoms with Gasteiger partial charge in [0.05, 0.1) is 16.6 Å². The van der Waals surface area contributed by atoms with Gasteiger partial charge >= 0.3 is 5.97 Å². The van der Waals surface area contributed by atoms with Gasteiger partial charge in [-0.3, -0.25) is 0 Å². The molecule has 0 saturated carbocycles. The number of nitrogen functional groups attached to an aromatic ring is 1. The molecule has 2 aromatic carbocycles. The first kappa shape index (κ1) is 14.4. The van der Waals surface area contributed by atoms with Crippen molar-refractivity contribution in [3.8, 4) is 11.5 Å². The zero-order valence-corrected chi connectivity index (χ0v) is 12.5. The first-order valence-electron chi connectivity index (χ1n) is 6.11. The summed E-state index contributed by atoms with van der Waals surface area (Å²) in [7, 11) is 0. The van der Waals surface area contributed by atoms with E-state index in [1.165, 1.54) is 0 Å². The zero-order valence-electron chi connectivity index (χ0n) is 10.9. The highest BCUT2D eigenvalue weighted by molar-refractivity contribution is 9.10. The minimum absolute atomic E-state index is 0.299. The number of ether oxygens (including phenoxy) is 2. The number of halogens is 1. The quantitative estimate of drug-likeness (QED) is 0.677. The highest BCUT2D eigenvalue weighted by Crippen LogP contribution is 2.30. The van der Waals surface area contributed by atoms with Crippen LogP contribution in [0.5, 0.6) is 11.5 Å². The van der Waals surface area contributed by atoms with Gasteiger partial charge < -0.3 is 15.2 Å².